The highest BCUT2D eigenvalue weighted by molar-refractivity contribution is 5.94. The summed E-state index contributed by atoms with van der Waals surface area (Å²) in [6.45, 7) is 0.162. The van der Waals surface area contributed by atoms with E-state index in [9.17, 15) is 14.4 Å². The number of hydrogen-bond acceptors (Lipinski definition) is 4. The van der Waals surface area contributed by atoms with Gasteiger partial charge in [0.15, 0.2) is 0 Å². The van der Waals surface area contributed by atoms with Gasteiger partial charge in [0.25, 0.3) is 5.91 Å². The maximum atomic E-state index is 12.1. The van der Waals surface area contributed by atoms with Gasteiger partial charge in [-0.2, -0.15) is 0 Å². The van der Waals surface area contributed by atoms with Crippen molar-refractivity contribution >= 4 is 18.0 Å². The topological polar surface area (TPSA) is 105 Å². The number of ether oxygens (including phenoxy) is 1. The Bertz CT molecular complexity index is 1120. The van der Waals surface area contributed by atoms with Crippen molar-refractivity contribution in [2.45, 2.75) is 24.8 Å². The Morgan fingerprint density at radius 2 is 1.70 bits per heavy atom. The molecule has 0 spiro atoms. The van der Waals surface area contributed by atoms with Crippen LogP contribution in [0.1, 0.15) is 29.9 Å². The molecule has 2 aromatic carbocycles. The summed E-state index contributed by atoms with van der Waals surface area (Å²) in [5.41, 5.74) is 4.57. The van der Waals surface area contributed by atoms with Crippen LogP contribution in [0.15, 0.2) is 60.7 Å². The second-order valence-electron chi connectivity index (χ2n) is 8.00. The van der Waals surface area contributed by atoms with E-state index in [2.05, 4.69) is 34.6 Å². The number of alkyl carbamates (subject to hydrolysis) is 1. The van der Waals surface area contributed by atoms with E-state index < -0.39 is 23.9 Å². The summed E-state index contributed by atoms with van der Waals surface area (Å²) in [5.74, 6) is 3.04. The number of fused-ring (bicyclic) bond motifs is 3. The Balaban J connectivity index is 1.24. The molecular weight excluding hydrogens is 420 g/mol. The largest absolute Gasteiger partial charge is 0.481 e. The van der Waals surface area contributed by atoms with Gasteiger partial charge in [-0.1, -0.05) is 66.6 Å². The number of benzene rings is 2. The normalized spacial score (nSPS) is 18.3. The Kier molecular flexibility index (Phi) is 6.75. The van der Waals surface area contributed by atoms with Gasteiger partial charge in [0, 0.05) is 12.0 Å². The van der Waals surface area contributed by atoms with Crippen molar-refractivity contribution in [3.8, 4) is 23.0 Å². The molecule has 0 aliphatic heterocycles. The molecule has 7 heteroatoms. The molecule has 0 saturated carbocycles. The third-order valence-corrected chi connectivity index (χ3v) is 5.86. The molecule has 0 radical (unpaired) electrons. The molecule has 0 heterocycles. The van der Waals surface area contributed by atoms with E-state index in [1.165, 1.54) is 0 Å². The first-order valence-electron chi connectivity index (χ1n) is 10.8. The standard InChI is InChI=1S/C26H24N2O5/c29-24(28-18-8-5-7-17(15-18)25(30)31)13-6-14-27-26(32)33-16-23-21-11-3-1-9-19(21)20-10-2-4-12-22(20)23/h1-5,8-12,17-18,23H,7,14-16H2,(H,27,32)(H,28,29)(H,30,31). The number of amides is 2. The lowest BCUT2D eigenvalue weighted by atomic mass is 9.91. The fraction of sp³-hybridized carbons (Fsp3) is 0.269. The second kappa shape index (κ2) is 10.0. The number of allylic oxidation sites excluding steroid dienone is 1. The third kappa shape index (κ3) is 5.24. The van der Waals surface area contributed by atoms with Crippen LogP contribution in [0.25, 0.3) is 11.1 Å². The minimum Gasteiger partial charge on any atom is -0.481 e. The van der Waals surface area contributed by atoms with Crippen molar-refractivity contribution in [3.05, 3.63) is 71.8 Å². The van der Waals surface area contributed by atoms with Gasteiger partial charge in [-0.05, 0) is 41.0 Å². The maximum Gasteiger partial charge on any atom is 0.407 e. The monoisotopic (exact) mass is 444 g/mol. The first-order valence-corrected chi connectivity index (χ1v) is 10.8. The molecule has 2 atom stereocenters. The van der Waals surface area contributed by atoms with Crippen LogP contribution in [-0.2, 0) is 14.3 Å². The summed E-state index contributed by atoms with van der Waals surface area (Å²) < 4.78 is 5.42. The summed E-state index contributed by atoms with van der Waals surface area (Å²) in [5, 5.41) is 14.3. The molecule has 0 aromatic heterocycles. The molecule has 0 saturated heterocycles. The third-order valence-electron chi connectivity index (χ3n) is 5.86. The van der Waals surface area contributed by atoms with Gasteiger partial charge in [-0.3, -0.25) is 9.59 Å². The van der Waals surface area contributed by atoms with Crippen LogP contribution in [0.4, 0.5) is 4.79 Å². The Morgan fingerprint density at radius 1 is 1.03 bits per heavy atom. The van der Waals surface area contributed by atoms with E-state index in [-0.39, 0.29) is 25.1 Å². The lowest BCUT2D eigenvalue weighted by Crippen LogP contribution is -2.37. The number of carbonyl (C=O) groups is 3. The summed E-state index contributed by atoms with van der Waals surface area (Å²) >= 11 is 0. The molecule has 168 valence electrons. The SMILES string of the molecule is O=C(C#CCNC(=O)OCC1c2ccccc2-c2ccccc21)NC1C=CCC(C(=O)O)C1. The number of nitrogens with one attached hydrogen (secondary N) is 2. The summed E-state index contributed by atoms with van der Waals surface area (Å²) in [6, 6.07) is 15.8. The maximum absolute atomic E-state index is 12.1. The molecule has 3 N–H and O–H groups in total. The predicted molar refractivity (Wildman–Crippen MR) is 122 cm³/mol. The van der Waals surface area contributed by atoms with Gasteiger partial charge in [-0.15, -0.1) is 0 Å². The van der Waals surface area contributed by atoms with Crippen molar-refractivity contribution in [2.75, 3.05) is 13.2 Å². The molecular formula is C26H24N2O5. The minimum atomic E-state index is -0.878. The average Bonchev–Trinajstić information content (AvgIpc) is 3.14. The Hall–Kier alpha value is -4.05. The highest BCUT2D eigenvalue weighted by Crippen LogP contribution is 2.44. The highest BCUT2D eigenvalue weighted by Gasteiger charge is 2.29. The summed E-state index contributed by atoms with van der Waals surface area (Å²) in [7, 11) is 0. The van der Waals surface area contributed by atoms with E-state index in [0.717, 1.165) is 22.3 Å². The zero-order chi connectivity index (χ0) is 23.2. The highest BCUT2D eigenvalue weighted by atomic mass is 16.5. The Labute approximate surface area is 191 Å². The first-order chi connectivity index (χ1) is 16.0. The molecule has 4 rings (SSSR count). The van der Waals surface area contributed by atoms with Crippen molar-refractivity contribution in [1.29, 1.82) is 0 Å². The Morgan fingerprint density at radius 3 is 2.36 bits per heavy atom. The number of hydrogen-bond donors (Lipinski definition) is 3. The summed E-state index contributed by atoms with van der Waals surface area (Å²) in [6.07, 6.45) is 3.70. The molecule has 2 aliphatic rings. The number of aliphatic carboxylic acids is 1. The van der Waals surface area contributed by atoms with Crippen molar-refractivity contribution < 1.29 is 24.2 Å². The van der Waals surface area contributed by atoms with Gasteiger partial charge < -0.3 is 20.5 Å². The van der Waals surface area contributed by atoms with E-state index in [0.29, 0.717) is 12.8 Å². The van der Waals surface area contributed by atoms with E-state index >= 15 is 0 Å². The van der Waals surface area contributed by atoms with E-state index in [4.69, 9.17) is 9.84 Å². The fourth-order valence-corrected chi connectivity index (χ4v) is 4.29. The number of carbonyl (C=O) groups excluding carboxylic acids is 2. The van der Waals surface area contributed by atoms with E-state index in [1.54, 1.807) is 12.2 Å². The molecule has 2 aliphatic carbocycles. The first kappa shape index (κ1) is 22.2. The lowest BCUT2D eigenvalue weighted by Gasteiger charge is -2.21. The van der Waals surface area contributed by atoms with Gasteiger partial charge >= 0.3 is 12.1 Å². The number of rotatable bonds is 5. The molecule has 0 bridgehead atoms. The average molecular weight is 444 g/mol. The predicted octanol–water partition coefficient (Wildman–Crippen LogP) is 3.06. The fourth-order valence-electron chi connectivity index (χ4n) is 4.29. The number of carboxylic acid groups (broad SMARTS) is 1. The molecule has 2 aromatic rings. The van der Waals surface area contributed by atoms with Crippen LogP contribution in [0.3, 0.4) is 0 Å². The van der Waals surface area contributed by atoms with E-state index in [1.807, 2.05) is 36.4 Å². The zero-order valence-corrected chi connectivity index (χ0v) is 17.9. The lowest BCUT2D eigenvalue weighted by molar-refractivity contribution is -0.142. The summed E-state index contributed by atoms with van der Waals surface area (Å²) in [4.78, 5) is 35.2. The zero-order valence-electron chi connectivity index (χ0n) is 17.9. The molecule has 33 heavy (non-hydrogen) atoms. The van der Waals surface area contributed by atoms with Crippen LogP contribution >= 0.6 is 0 Å². The van der Waals surface area contributed by atoms with Crippen LogP contribution in [0.2, 0.25) is 0 Å². The van der Waals surface area contributed by atoms with Crippen molar-refractivity contribution in [2.24, 2.45) is 5.92 Å². The van der Waals surface area contributed by atoms with Gasteiger partial charge in [-0.25, -0.2) is 4.79 Å². The molecule has 0 fully saturated rings. The van der Waals surface area contributed by atoms with Crippen LogP contribution in [0.5, 0.6) is 0 Å². The van der Waals surface area contributed by atoms with Gasteiger partial charge in [0.05, 0.1) is 12.5 Å². The molecule has 7 nitrogen and oxygen atoms in total. The second-order valence-corrected chi connectivity index (χ2v) is 8.00. The van der Waals surface area contributed by atoms with Crippen LogP contribution in [0, 0.1) is 17.8 Å². The molecule has 2 amide bonds. The van der Waals surface area contributed by atoms with Gasteiger partial charge in [0.1, 0.15) is 6.61 Å². The smallest absolute Gasteiger partial charge is 0.407 e. The van der Waals surface area contributed by atoms with Gasteiger partial charge in [0.2, 0.25) is 0 Å². The van der Waals surface area contributed by atoms with Crippen molar-refractivity contribution in [3.63, 3.8) is 0 Å². The minimum absolute atomic E-state index is 0.0295. The van der Waals surface area contributed by atoms with Crippen molar-refractivity contribution in [1.82, 2.24) is 10.6 Å². The van der Waals surface area contributed by atoms with Crippen LogP contribution < -0.4 is 10.6 Å². The molecule has 2 unspecified atom stereocenters. The number of carboxylic acids is 1. The van der Waals surface area contributed by atoms with Crippen LogP contribution in [-0.4, -0.2) is 42.3 Å². The quantitative estimate of drug-likeness (QED) is 0.486.